The molecule has 1 aliphatic heterocycles. The molecule has 1 amide bonds. The monoisotopic (exact) mass is 299 g/mol. The van der Waals surface area contributed by atoms with Gasteiger partial charge in [-0.1, -0.05) is 0 Å². The molecule has 0 saturated heterocycles. The predicted molar refractivity (Wildman–Crippen MR) is 65.0 cm³/mol. The molecule has 110 valence electrons. The molecule has 8 heteroatoms. The van der Waals surface area contributed by atoms with E-state index in [2.05, 4.69) is 4.18 Å². The van der Waals surface area contributed by atoms with E-state index < -0.39 is 29.2 Å². The molecule has 1 rings (SSSR count). The quantitative estimate of drug-likeness (QED) is 0.721. The maximum absolute atomic E-state index is 12.0. The van der Waals surface area contributed by atoms with Crippen LogP contribution < -0.4 is 0 Å². The number of carbonyl (C=O) groups excluding carboxylic acids is 1. The molecule has 0 N–H and O–H groups in total. The Morgan fingerprint density at radius 3 is 2.53 bits per heavy atom. The summed E-state index contributed by atoms with van der Waals surface area (Å²) >= 11 is -0.580. The number of alkyl halides is 3. The zero-order valence-electron chi connectivity index (χ0n) is 10.9. The molecule has 0 aromatic rings. The first kappa shape index (κ1) is 16.0. The molecule has 0 aliphatic carbocycles. The van der Waals surface area contributed by atoms with Crippen molar-refractivity contribution in [2.45, 2.75) is 44.7 Å². The molecule has 0 aromatic heterocycles. The predicted octanol–water partition coefficient (Wildman–Crippen LogP) is 4.04. The van der Waals surface area contributed by atoms with Gasteiger partial charge in [0.05, 0.1) is 0 Å². The molecular formula is C11H16F3NO3S. The van der Waals surface area contributed by atoms with Crippen LogP contribution in [0.5, 0.6) is 0 Å². The molecule has 0 aromatic carbocycles. The van der Waals surface area contributed by atoms with Gasteiger partial charge in [-0.2, -0.15) is 13.2 Å². The summed E-state index contributed by atoms with van der Waals surface area (Å²) in [5.41, 5.74) is -5.11. The lowest BCUT2D eigenvalue weighted by atomic mass is 10.2. The third kappa shape index (κ3) is 6.60. The van der Waals surface area contributed by atoms with Crippen LogP contribution in [-0.2, 0) is 8.92 Å². The van der Waals surface area contributed by atoms with Gasteiger partial charge in [0.1, 0.15) is 11.4 Å². The van der Waals surface area contributed by atoms with E-state index in [9.17, 15) is 18.0 Å². The van der Waals surface area contributed by atoms with Crippen molar-refractivity contribution in [2.75, 3.05) is 6.54 Å². The zero-order valence-corrected chi connectivity index (χ0v) is 11.7. The highest BCUT2D eigenvalue weighted by Gasteiger charge is 2.32. The summed E-state index contributed by atoms with van der Waals surface area (Å²) in [7, 11) is 0. The van der Waals surface area contributed by atoms with Gasteiger partial charge in [0.15, 0.2) is 12.0 Å². The molecule has 19 heavy (non-hydrogen) atoms. The van der Waals surface area contributed by atoms with Gasteiger partial charge in [0.2, 0.25) is 0 Å². The van der Waals surface area contributed by atoms with E-state index in [1.165, 1.54) is 11.1 Å². The first-order valence-corrected chi connectivity index (χ1v) is 6.44. The van der Waals surface area contributed by atoms with Gasteiger partial charge in [-0.15, -0.1) is 0 Å². The Bertz CT molecular complexity index is 363. The number of hydrogen-bond donors (Lipinski definition) is 0. The number of hydrogen-bond acceptors (Lipinski definition) is 4. The molecule has 0 saturated carbocycles. The van der Waals surface area contributed by atoms with Crippen molar-refractivity contribution < 1.29 is 26.9 Å². The van der Waals surface area contributed by atoms with Crippen LogP contribution in [0, 0.1) is 0 Å². The first-order chi connectivity index (χ1) is 8.57. The minimum atomic E-state index is -4.46. The average molecular weight is 299 g/mol. The summed E-state index contributed by atoms with van der Waals surface area (Å²) in [6.45, 7) is 5.55. The van der Waals surface area contributed by atoms with Crippen LogP contribution in [0.15, 0.2) is 12.0 Å². The van der Waals surface area contributed by atoms with E-state index >= 15 is 0 Å². The van der Waals surface area contributed by atoms with E-state index in [0.29, 0.717) is 19.4 Å². The lowest BCUT2D eigenvalue weighted by Gasteiger charge is -2.28. The van der Waals surface area contributed by atoms with Crippen molar-refractivity contribution in [1.29, 1.82) is 0 Å². The van der Waals surface area contributed by atoms with Crippen molar-refractivity contribution in [3.05, 3.63) is 12.0 Å². The van der Waals surface area contributed by atoms with Crippen LogP contribution in [0.3, 0.4) is 0 Å². The number of nitrogens with zero attached hydrogens (tertiary/aromatic N) is 1. The van der Waals surface area contributed by atoms with Gasteiger partial charge in [0.25, 0.3) is 0 Å². The third-order valence-electron chi connectivity index (χ3n) is 1.99. The highest BCUT2D eigenvalue weighted by Crippen LogP contribution is 2.34. The van der Waals surface area contributed by atoms with E-state index in [4.69, 9.17) is 4.74 Å². The molecule has 0 radical (unpaired) electrons. The molecular weight excluding hydrogens is 283 g/mol. The highest BCUT2D eigenvalue weighted by molar-refractivity contribution is 7.95. The molecule has 0 atom stereocenters. The molecule has 0 bridgehead atoms. The third-order valence-corrected chi connectivity index (χ3v) is 2.48. The second kappa shape index (κ2) is 5.94. The maximum Gasteiger partial charge on any atom is 0.479 e. The highest BCUT2D eigenvalue weighted by atomic mass is 32.2. The summed E-state index contributed by atoms with van der Waals surface area (Å²) in [5.74, 6) is 0.111. The molecule has 0 spiro atoms. The van der Waals surface area contributed by atoms with Crippen molar-refractivity contribution in [3.63, 3.8) is 0 Å². The van der Waals surface area contributed by atoms with Crippen LogP contribution in [-0.4, -0.2) is 28.6 Å². The number of rotatable bonds is 2. The maximum atomic E-state index is 12.0. The van der Waals surface area contributed by atoms with Crippen molar-refractivity contribution >= 4 is 18.1 Å². The Kier molecular flexibility index (Phi) is 5.00. The normalized spacial score (nSPS) is 16.9. The lowest BCUT2D eigenvalue weighted by Crippen LogP contribution is -2.35. The largest absolute Gasteiger partial charge is 0.479 e. The van der Waals surface area contributed by atoms with Crippen LogP contribution in [0.2, 0.25) is 0 Å². The molecule has 0 fully saturated rings. The number of ether oxygens (including phenoxy) is 1. The SMILES string of the molecule is CC(C)(C)OC(=O)N1C=C(OSC(F)(F)F)CCC1. The van der Waals surface area contributed by atoms with Crippen molar-refractivity contribution in [2.24, 2.45) is 0 Å². The van der Waals surface area contributed by atoms with Crippen molar-refractivity contribution in [1.82, 2.24) is 4.90 Å². The van der Waals surface area contributed by atoms with E-state index in [0.717, 1.165) is 0 Å². The Labute approximate surface area is 114 Å². The number of carbonyl (C=O) groups is 1. The number of halogens is 3. The minimum absolute atomic E-state index is 0.111. The van der Waals surface area contributed by atoms with Gasteiger partial charge >= 0.3 is 11.6 Å². The van der Waals surface area contributed by atoms with E-state index in [1.807, 2.05) is 0 Å². The Morgan fingerprint density at radius 1 is 1.37 bits per heavy atom. The summed E-state index contributed by atoms with van der Waals surface area (Å²) in [6.07, 6.45) is 1.56. The Morgan fingerprint density at radius 2 is 2.00 bits per heavy atom. The van der Waals surface area contributed by atoms with Gasteiger partial charge in [-0.25, -0.2) is 4.79 Å². The molecule has 4 nitrogen and oxygen atoms in total. The van der Waals surface area contributed by atoms with Crippen molar-refractivity contribution in [3.8, 4) is 0 Å². The fourth-order valence-electron chi connectivity index (χ4n) is 1.36. The molecule has 0 unspecified atom stereocenters. The average Bonchev–Trinajstić information content (AvgIpc) is 2.23. The first-order valence-electron chi connectivity index (χ1n) is 5.69. The van der Waals surface area contributed by atoms with Gasteiger partial charge in [-0.05, 0) is 27.2 Å². The van der Waals surface area contributed by atoms with Gasteiger partial charge < -0.3 is 8.92 Å². The number of amides is 1. The minimum Gasteiger partial charge on any atom is -0.443 e. The fraction of sp³-hybridized carbons (Fsp3) is 0.727. The molecule has 1 aliphatic rings. The van der Waals surface area contributed by atoms with Crippen LogP contribution in [0.25, 0.3) is 0 Å². The molecule has 1 heterocycles. The Hall–Kier alpha value is -1.05. The summed E-state index contributed by atoms with van der Waals surface area (Å²) in [5, 5.41) is 0. The zero-order chi connectivity index (χ0) is 14.7. The Balaban J connectivity index is 2.59. The van der Waals surface area contributed by atoms with Gasteiger partial charge in [-0.3, -0.25) is 4.90 Å². The summed E-state index contributed by atoms with van der Waals surface area (Å²) in [6, 6.07) is 0. The van der Waals surface area contributed by atoms with Crippen LogP contribution >= 0.6 is 12.0 Å². The number of allylic oxidation sites excluding steroid dienone is 1. The summed E-state index contributed by atoms with van der Waals surface area (Å²) < 4.78 is 45.7. The standard InChI is InChI=1S/C11H16F3NO3S/c1-10(2,3)17-9(16)15-6-4-5-8(7-15)18-19-11(12,13)14/h7H,4-6H2,1-3H3. The van der Waals surface area contributed by atoms with E-state index in [1.54, 1.807) is 20.8 Å². The lowest BCUT2D eigenvalue weighted by molar-refractivity contribution is -0.0386. The second-order valence-electron chi connectivity index (χ2n) is 4.99. The summed E-state index contributed by atoms with van der Waals surface area (Å²) in [4.78, 5) is 13.0. The fourth-order valence-corrected chi connectivity index (χ4v) is 1.68. The van der Waals surface area contributed by atoms with Gasteiger partial charge in [0, 0.05) is 19.2 Å². The smallest absolute Gasteiger partial charge is 0.443 e. The second-order valence-corrected chi connectivity index (χ2v) is 5.78. The van der Waals surface area contributed by atoms with Crippen LogP contribution in [0.1, 0.15) is 33.6 Å². The van der Waals surface area contributed by atoms with Crippen LogP contribution in [0.4, 0.5) is 18.0 Å². The van der Waals surface area contributed by atoms with E-state index in [-0.39, 0.29) is 5.76 Å². The topological polar surface area (TPSA) is 38.8 Å².